The first-order valence-electron chi connectivity index (χ1n) is 4.20. The molecule has 2 heteroatoms. The molecular weight excluding hydrogens is 160 g/mol. The van der Waals surface area contributed by atoms with Crippen LogP contribution < -0.4 is 0 Å². The summed E-state index contributed by atoms with van der Waals surface area (Å²) in [6.07, 6.45) is 3.76. The molecule has 0 saturated carbocycles. The van der Waals surface area contributed by atoms with Gasteiger partial charge >= 0.3 is 0 Å². The lowest BCUT2D eigenvalue weighted by molar-refractivity contribution is 0.528. The van der Waals surface area contributed by atoms with Gasteiger partial charge in [0.25, 0.3) is 0 Å². The highest BCUT2D eigenvalue weighted by Gasteiger charge is 2.15. The van der Waals surface area contributed by atoms with Gasteiger partial charge in [0, 0.05) is 0 Å². The van der Waals surface area contributed by atoms with Crippen molar-refractivity contribution < 1.29 is 0 Å². The van der Waals surface area contributed by atoms with Crippen molar-refractivity contribution in [1.82, 2.24) is 0 Å². The van der Waals surface area contributed by atoms with Gasteiger partial charge in [-0.1, -0.05) is 40.0 Å². The normalized spacial score (nSPS) is 12.6. The van der Waals surface area contributed by atoms with E-state index in [2.05, 4.69) is 20.8 Å². The molecule has 0 rings (SSSR count). The third-order valence-corrected chi connectivity index (χ3v) is 4.64. The van der Waals surface area contributed by atoms with E-state index in [0.29, 0.717) is 0 Å². The predicted octanol–water partition coefficient (Wildman–Crippen LogP) is 2.69. The van der Waals surface area contributed by atoms with E-state index in [4.69, 9.17) is 11.1 Å². The Labute approximate surface area is 71.9 Å². The fourth-order valence-corrected chi connectivity index (χ4v) is 3.56. The summed E-state index contributed by atoms with van der Waals surface area (Å²) in [6.45, 7) is 6.73. The summed E-state index contributed by atoms with van der Waals surface area (Å²) in [7, 11) is -0.353. The molecule has 0 aromatic heterocycles. The first-order chi connectivity index (χ1) is 4.79. The minimum absolute atomic E-state index is 0.353. The van der Waals surface area contributed by atoms with Gasteiger partial charge in [-0.3, -0.25) is 0 Å². The Balaban J connectivity index is 3.70. The van der Waals surface area contributed by atoms with Crippen LogP contribution in [0, 0.1) is 11.5 Å². The zero-order valence-corrected chi connectivity index (χ0v) is 9.45. The molecule has 0 aliphatic carbocycles. The van der Waals surface area contributed by atoms with Crippen molar-refractivity contribution >= 4 is 19.9 Å². The molecule has 0 N–H and O–H groups in total. The molecule has 0 aliphatic heterocycles. The van der Waals surface area contributed by atoms with E-state index in [-0.39, 0.29) is 8.83 Å². The summed E-state index contributed by atoms with van der Waals surface area (Å²) in [5, 5.41) is 0. The number of halogens is 1. The Morgan fingerprint density at radius 2 is 1.80 bits per heavy atom. The molecule has 0 unspecified atom stereocenters. The van der Waals surface area contributed by atoms with E-state index in [0.717, 1.165) is 5.92 Å². The van der Waals surface area contributed by atoms with Crippen LogP contribution >= 0.6 is 11.1 Å². The Bertz CT molecular complexity index is 57.7. The SMILES string of the molecule is CC[C]([SiH2]Cl)C(CC)CC. The number of hydrogen-bond donors (Lipinski definition) is 0. The molecule has 0 aliphatic rings. The highest BCUT2D eigenvalue weighted by Crippen LogP contribution is 2.23. The van der Waals surface area contributed by atoms with E-state index >= 15 is 0 Å². The molecule has 0 saturated heterocycles. The lowest BCUT2D eigenvalue weighted by Gasteiger charge is -2.20. The highest BCUT2D eigenvalue weighted by molar-refractivity contribution is 6.96. The average molecular weight is 178 g/mol. The second-order valence-electron chi connectivity index (χ2n) is 2.66. The van der Waals surface area contributed by atoms with E-state index in [1.54, 1.807) is 5.54 Å². The summed E-state index contributed by atoms with van der Waals surface area (Å²) in [5.74, 6) is 0.828. The van der Waals surface area contributed by atoms with Crippen molar-refractivity contribution in [2.24, 2.45) is 5.92 Å². The lowest BCUT2D eigenvalue weighted by Crippen LogP contribution is -2.13. The molecular formula is C8H18ClSi. The number of rotatable bonds is 5. The van der Waals surface area contributed by atoms with Crippen molar-refractivity contribution in [3.63, 3.8) is 0 Å². The van der Waals surface area contributed by atoms with E-state index in [1.807, 2.05) is 0 Å². The summed E-state index contributed by atoms with van der Waals surface area (Å²) in [5.41, 5.74) is 1.66. The van der Waals surface area contributed by atoms with Gasteiger partial charge in [-0.05, 0) is 11.5 Å². The molecule has 61 valence electrons. The smallest absolute Gasteiger partial charge is 0.132 e. The summed E-state index contributed by atoms with van der Waals surface area (Å²) in [6, 6.07) is 0. The summed E-state index contributed by atoms with van der Waals surface area (Å²) in [4.78, 5) is 0. The third kappa shape index (κ3) is 3.06. The van der Waals surface area contributed by atoms with Crippen LogP contribution in [-0.2, 0) is 0 Å². The zero-order chi connectivity index (χ0) is 7.98. The molecule has 0 fully saturated rings. The Hall–Kier alpha value is 0.507. The maximum Gasteiger partial charge on any atom is 0.132 e. The van der Waals surface area contributed by atoms with Gasteiger partial charge in [0.05, 0.1) is 0 Å². The Kier molecular flexibility index (Phi) is 6.55. The molecule has 0 amide bonds. The summed E-state index contributed by atoms with van der Waals surface area (Å²) < 4.78 is 0. The molecule has 1 radical (unpaired) electrons. The second kappa shape index (κ2) is 6.23. The quantitative estimate of drug-likeness (QED) is 0.448. The number of hydrogen-bond acceptors (Lipinski definition) is 0. The van der Waals surface area contributed by atoms with Crippen LogP contribution in [0.2, 0.25) is 0 Å². The molecule has 0 aromatic rings. The van der Waals surface area contributed by atoms with Gasteiger partial charge in [-0.15, -0.1) is 0 Å². The summed E-state index contributed by atoms with van der Waals surface area (Å²) >= 11 is 5.92. The Morgan fingerprint density at radius 3 is 1.90 bits per heavy atom. The molecule has 0 nitrogen and oxygen atoms in total. The molecule has 0 aromatic carbocycles. The van der Waals surface area contributed by atoms with Crippen molar-refractivity contribution in [2.75, 3.05) is 0 Å². The second-order valence-corrected chi connectivity index (χ2v) is 4.64. The monoisotopic (exact) mass is 177 g/mol. The van der Waals surface area contributed by atoms with Crippen LogP contribution in [0.3, 0.4) is 0 Å². The minimum atomic E-state index is -0.353. The van der Waals surface area contributed by atoms with Crippen molar-refractivity contribution in [3.05, 3.63) is 5.54 Å². The van der Waals surface area contributed by atoms with Crippen LogP contribution in [-0.4, -0.2) is 8.83 Å². The van der Waals surface area contributed by atoms with Crippen LogP contribution in [0.4, 0.5) is 0 Å². The minimum Gasteiger partial charge on any atom is -0.176 e. The van der Waals surface area contributed by atoms with Gasteiger partial charge in [0.15, 0.2) is 0 Å². The Morgan fingerprint density at radius 1 is 1.30 bits per heavy atom. The third-order valence-electron chi connectivity index (χ3n) is 2.19. The fraction of sp³-hybridized carbons (Fsp3) is 0.875. The maximum absolute atomic E-state index is 5.92. The highest BCUT2D eigenvalue weighted by atomic mass is 35.6. The average Bonchev–Trinajstić information content (AvgIpc) is 2.00. The van der Waals surface area contributed by atoms with E-state index < -0.39 is 0 Å². The van der Waals surface area contributed by atoms with Gasteiger partial charge in [0.1, 0.15) is 8.83 Å². The van der Waals surface area contributed by atoms with Crippen LogP contribution in [0.25, 0.3) is 0 Å². The van der Waals surface area contributed by atoms with Crippen molar-refractivity contribution in [2.45, 2.75) is 40.0 Å². The lowest BCUT2D eigenvalue weighted by atomic mass is 9.97. The molecule has 0 heterocycles. The first kappa shape index (κ1) is 10.5. The molecule has 0 spiro atoms. The topological polar surface area (TPSA) is 0 Å². The molecule has 10 heavy (non-hydrogen) atoms. The fourth-order valence-electron chi connectivity index (χ4n) is 1.36. The molecule has 0 atom stereocenters. The van der Waals surface area contributed by atoms with Gasteiger partial charge in [-0.2, -0.15) is 11.1 Å². The standard InChI is InChI=1S/C8H18ClSi/c1-4-7(5-2)8(6-3)10-9/h7H,4-6,10H2,1-3H3. The van der Waals surface area contributed by atoms with E-state index in [1.165, 1.54) is 19.3 Å². The van der Waals surface area contributed by atoms with Crippen LogP contribution in [0.5, 0.6) is 0 Å². The zero-order valence-electron chi connectivity index (χ0n) is 7.28. The van der Waals surface area contributed by atoms with Crippen molar-refractivity contribution in [1.29, 1.82) is 0 Å². The first-order valence-corrected chi connectivity index (χ1v) is 7.05. The van der Waals surface area contributed by atoms with Crippen LogP contribution in [0.15, 0.2) is 0 Å². The predicted molar refractivity (Wildman–Crippen MR) is 52.0 cm³/mol. The van der Waals surface area contributed by atoms with Gasteiger partial charge in [-0.25, -0.2) is 0 Å². The van der Waals surface area contributed by atoms with Crippen LogP contribution in [0.1, 0.15) is 40.0 Å². The molecule has 0 bridgehead atoms. The largest absolute Gasteiger partial charge is 0.176 e. The van der Waals surface area contributed by atoms with Crippen molar-refractivity contribution in [3.8, 4) is 0 Å². The van der Waals surface area contributed by atoms with E-state index in [9.17, 15) is 0 Å². The maximum atomic E-state index is 5.92. The van der Waals surface area contributed by atoms with Gasteiger partial charge < -0.3 is 0 Å². The van der Waals surface area contributed by atoms with Gasteiger partial charge in [0.2, 0.25) is 0 Å².